The summed E-state index contributed by atoms with van der Waals surface area (Å²) in [5, 5.41) is 0. The second kappa shape index (κ2) is 9.42. The van der Waals surface area contributed by atoms with Crippen LogP contribution in [-0.2, 0) is 9.53 Å². The number of ether oxygens (including phenoxy) is 1. The average molecular weight is 349 g/mol. The number of thioether (sulfide) groups is 1. The van der Waals surface area contributed by atoms with Crippen molar-refractivity contribution < 1.29 is 9.53 Å². The molecule has 2 heterocycles. The molecule has 3 rings (SSSR count). The van der Waals surface area contributed by atoms with Crippen molar-refractivity contribution in [1.29, 1.82) is 0 Å². The Morgan fingerprint density at radius 2 is 1.88 bits per heavy atom. The Kier molecular flexibility index (Phi) is 6.97. The number of carbonyl (C=O) groups excluding carboxylic acids is 1. The maximum absolute atomic E-state index is 12.8. The molecule has 1 aliphatic heterocycles. The largest absolute Gasteiger partial charge is 0.381 e. The van der Waals surface area contributed by atoms with Crippen LogP contribution >= 0.6 is 11.8 Å². The number of amides is 1. The fourth-order valence-electron chi connectivity index (χ4n) is 3.67. The molecule has 0 aromatic carbocycles. The molecule has 0 radical (unpaired) electrons. The van der Waals surface area contributed by atoms with E-state index >= 15 is 0 Å². The first kappa shape index (κ1) is 17.7. The number of carbonyl (C=O) groups is 1. The Morgan fingerprint density at radius 3 is 2.58 bits per heavy atom. The van der Waals surface area contributed by atoms with Gasteiger partial charge in [-0.25, -0.2) is 0 Å². The van der Waals surface area contributed by atoms with Gasteiger partial charge in [-0.05, 0) is 37.3 Å². The van der Waals surface area contributed by atoms with Crippen LogP contribution in [0.2, 0.25) is 0 Å². The number of pyridine rings is 1. The summed E-state index contributed by atoms with van der Waals surface area (Å²) in [5.74, 6) is 2.00. The molecule has 1 unspecified atom stereocenters. The van der Waals surface area contributed by atoms with Crippen LogP contribution in [0.5, 0.6) is 0 Å². The number of aromatic nitrogens is 1. The molecule has 0 N–H and O–H groups in total. The minimum Gasteiger partial charge on any atom is -0.381 e. The molecule has 1 aromatic rings. The van der Waals surface area contributed by atoms with Crippen molar-refractivity contribution in [2.45, 2.75) is 43.4 Å². The molecule has 2 fully saturated rings. The lowest BCUT2D eigenvalue weighted by molar-refractivity contribution is -0.129. The molecule has 2 aliphatic rings. The predicted octanol–water partition coefficient (Wildman–Crippen LogP) is 3.62. The molecule has 4 nitrogen and oxygen atoms in total. The van der Waals surface area contributed by atoms with E-state index in [9.17, 15) is 4.79 Å². The summed E-state index contributed by atoms with van der Waals surface area (Å²) in [5.41, 5.74) is 0. The first-order valence-electron chi connectivity index (χ1n) is 9.19. The second-order valence-corrected chi connectivity index (χ2v) is 8.05. The van der Waals surface area contributed by atoms with Crippen LogP contribution in [0.1, 0.15) is 38.5 Å². The van der Waals surface area contributed by atoms with E-state index in [1.165, 1.54) is 32.1 Å². The van der Waals surface area contributed by atoms with E-state index in [-0.39, 0.29) is 5.91 Å². The van der Waals surface area contributed by atoms with E-state index in [1.54, 1.807) is 24.2 Å². The first-order valence-corrected chi connectivity index (χ1v) is 10.2. The molecule has 24 heavy (non-hydrogen) atoms. The van der Waals surface area contributed by atoms with Crippen LogP contribution in [-0.4, -0.2) is 47.8 Å². The third-order valence-electron chi connectivity index (χ3n) is 5.07. The minimum atomic E-state index is 0.272. The number of rotatable bonds is 7. The van der Waals surface area contributed by atoms with Crippen molar-refractivity contribution in [3.63, 3.8) is 0 Å². The highest BCUT2D eigenvalue weighted by molar-refractivity contribution is 8.00. The van der Waals surface area contributed by atoms with Gasteiger partial charge in [-0.3, -0.25) is 9.78 Å². The van der Waals surface area contributed by atoms with Crippen molar-refractivity contribution in [3.8, 4) is 0 Å². The maximum Gasteiger partial charge on any atom is 0.232 e. The second-order valence-electron chi connectivity index (χ2n) is 7.00. The van der Waals surface area contributed by atoms with Gasteiger partial charge >= 0.3 is 0 Å². The van der Waals surface area contributed by atoms with Crippen molar-refractivity contribution in [1.82, 2.24) is 9.88 Å². The standard InChI is InChI=1S/C19H28N2O2S/c22-19(15-24-18-6-9-20-10-7-18)21(13-17-8-11-23-14-17)12-16-4-2-1-3-5-16/h6-7,9-10,16-17H,1-5,8,11-15H2. The molecule has 1 saturated carbocycles. The smallest absolute Gasteiger partial charge is 0.232 e. The van der Waals surface area contributed by atoms with E-state index in [4.69, 9.17) is 4.74 Å². The van der Waals surface area contributed by atoms with Crippen molar-refractivity contribution in [3.05, 3.63) is 24.5 Å². The molecule has 1 aromatic heterocycles. The Bertz CT molecular complexity index is 499. The summed E-state index contributed by atoms with van der Waals surface area (Å²) in [6.45, 7) is 3.46. The lowest BCUT2D eigenvalue weighted by Gasteiger charge is -2.31. The molecule has 1 atom stereocenters. The summed E-state index contributed by atoms with van der Waals surface area (Å²) in [7, 11) is 0. The fourth-order valence-corrected chi connectivity index (χ4v) is 4.46. The number of nitrogens with zero attached hydrogens (tertiary/aromatic N) is 2. The van der Waals surface area contributed by atoms with Gasteiger partial charge in [-0.2, -0.15) is 0 Å². The zero-order valence-electron chi connectivity index (χ0n) is 14.4. The van der Waals surface area contributed by atoms with Gasteiger partial charge in [-0.15, -0.1) is 11.8 Å². The molecule has 1 saturated heterocycles. The Balaban J connectivity index is 1.55. The number of hydrogen-bond acceptors (Lipinski definition) is 4. The van der Waals surface area contributed by atoms with Gasteiger partial charge in [0.05, 0.1) is 12.4 Å². The highest BCUT2D eigenvalue weighted by Gasteiger charge is 2.25. The van der Waals surface area contributed by atoms with E-state index in [1.807, 2.05) is 12.1 Å². The highest BCUT2D eigenvalue weighted by atomic mass is 32.2. The Labute approximate surface area is 149 Å². The van der Waals surface area contributed by atoms with Crippen LogP contribution in [0.3, 0.4) is 0 Å². The minimum absolute atomic E-state index is 0.272. The normalized spacial score (nSPS) is 21.8. The summed E-state index contributed by atoms with van der Waals surface area (Å²) >= 11 is 1.61. The van der Waals surface area contributed by atoms with E-state index in [0.717, 1.165) is 37.6 Å². The third-order valence-corrected chi connectivity index (χ3v) is 6.07. The Morgan fingerprint density at radius 1 is 1.12 bits per heavy atom. The maximum atomic E-state index is 12.8. The van der Waals surface area contributed by atoms with Gasteiger partial charge in [0.25, 0.3) is 0 Å². The van der Waals surface area contributed by atoms with Crippen LogP contribution in [0.25, 0.3) is 0 Å². The van der Waals surface area contributed by atoms with Crippen molar-refractivity contribution in [2.24, 2.45) is 11.8 Å². The average Bonchev–Trinajstić information content (AvgIpc) is 3.14. The Hall–Kier alpha value is -1.07. The molecule has 5 heteroatoms. The van der Waals surface area contributed by atoms with Gasteiger partial charge < -0.3 is 9.64 Å². The summed E-state index contributed by atoms with van der Waals surface area (Å²) < 4.78 is 5.51. The van der Waals surface area contributed by atoms with Crippen LogP contribution < -0.4 is 0 Å². The van der Waals surface area contributed by atoms with Crippen molar-refractivity contribution in [2.75, 3.05) is 32.1 Å². The molecule has 1 aliphatic carbocycles. The van der Waals surface area contributed by atoms with E-state index in [0.29, 0.717) is 17.6 Å². The lowest BCUT2D eigenvalue weighted by Crippen LogP contribution is -2.40. The zero-order chi connectivity index (χ0) is 16.6. The van der Waals surface area contributed by atoms with Gasteiger partial charge in [0.1, 0.15) is 0 Å². The van der Waals surface area contributed by atoms with E-state index in [2.05, 4.69) is 9.88 Å². The zero-order valence-corrected chi connectivity index (χ0v) is 15.2. The number of hydrogen-bond donors (Lipinski definition) is 0. The van der Waals surface area contributed by atoms with Gasteiger partial charge in [0, 0.05) is 42.9 Å². The summed E-state index contributed by atoms with van der Waals surface area (Å²) in [4.78, 5) is 20.1. The molecule has 132 valence electrons. The van der Waals surface area contributed by atoms with Gasteiger partial charge in [0.15, 0.2) is 0 Å². The summed E-state index contributed by atoms with van der Waals surface area (Å²) in [6.07, 6.45) is 11.2. The van der Waals surface area contributed by atoms with E-state index < -0.39 is 0 Å². The SMILES string of the molecule is O=C(CSc1ccncc1)N(CC1CCCCC1)CC1CCOC1. The predicted molar refractivity (Wildman–Crippen MR) is 97.0 cm³/mol. The van der Waals surface area contributed by atoms with Crippen LogP contribution in [0, 0.1) is 11.8 Å². The molecule has 0 spiro atoms. The summed E-state index contributed by atoms with van der Waals surface area (Å²) in [6, 6.07) is 3.93. The monoisotopic (exact) mass is 348 g/mol. The quantitative estimate of drug-likeness (QED) is 0.706. The molecule has 1 amide bonds. The van der Waals surface area contributed by atoms with Crippen LogP contribution in [0.15, 0.2) is 29.4 Å². The van der Waals surface area contributed by atoms with Crippen molar-refractivity contribution >= 4 is 17.7 Å². The van der Waals surface area contributed by atoms with Crippen LogP contribution in [0.4, 0.5) is 0 Å². The lowest BCUT2D eigenvalue weighted by atomic mass is 9.88. The molecule has 0 bridgehead atoms. The fraction of sp³-hybridized carbons (Fsp3) is 0.684. The van der Waals surface area contributed by atoms with Gasteiger partial charge in [0.2, 0.25) is 5.91 Å². The third kappa shape index (κ3) is 5.49. The molecular weight excluding hydrogens is 320 g/mol. The van der Waals surface area contributed by atoms with Gasteiger partial charge in [-0.1, -0.05) is 19.3 Å². The molecular formula is C19H28N2O2S. The highest BCUT2D eigenvalue weighted by Crippen LogP contribution is 2.26. The first-order chi connectivity index (χ1) is 11.8. The topological polar surface area (TPSA) is 42.4 Å².